The van der Waals surface area contributed by atoms with E-state index in [1.807, 2.05) is 18.5 Å². The number of methoxy groups -OCH3 is 1. The fourth-order valence-corrected chi connectivity index (χ4v) is 3.26. The number of hydrogen-bond donors (Lipinski definition) is 1. The first-order chi connectivity index (χ1) is 15.4. The van der Waals surface area contributed by atoms with Gasteiger partial charge in [-0.3, -0.25) is 35.3 Å². The van der Waals surface area contributed by atoms with Crippen LogP contribution in [0.3, 0.4) is 0 Å². The van der Waals surface area contributed by atoms with Crippen LogP contribution in [0.25, 0.3) is 0 Å². The van der Waals surface area contributed by atoms with Crippen molar-refractivity contribution in [3.05, 3.63) is 66.7 Å². The van der Waals surface area contributed by atoms with Crippen LogP contribution in [-0.4, -0.2) is 44.9 Å². The van der Waals surface area contributed by atoms with Crippen molar-refractivity contribution in [3.8, 4) is 11.5 Å². The number of nitro benzene ring substituents is 3. The van der Waals surface area contributed by atoms with E-state index in [2.05, 4.69) is 42.8 Å². The van der Waals surface area contributed by atoms with Gasteiger partial charge in [-0.25, -0.2) is 0 Å². The van der Waals surface area contributed by atoms with Gasteiger partial charge in [0.1, 0.15) is 5.75 Å². The number of aromatic hydroxyl groups is 1. The second-order valence-corrected chi connectivity index (χ2v) is 7.82. The van der Waals surface area contributed by atoms with Gasteiger partial charge in [-0.2, -0.15) is 0 Å². The van der Waals surface area contributed by atoms with Crippen LogP contribution in [0, 0.1) is 30.3 Å². The van der Waals surface area contributed by atoms with Crippen molar-refractivity contribution in [2.24, 2.45) is 4.99 Å². The minimum absolute atomic E-state index is 0.0579. The molecule has 0 saturated heterocycles. The van der Waals surface area contributed by atoms with Crippen molar-refractivity contribution in [1.82, 2.24) is 0 Å². The predicted molar refractivity (Wildman–Crippen MR) is 120 cm³/mol. The van der Waals surface area contributed by atoms with Gasteiger partial charge in [0.15, 0.2) is 0 Å². The van der Waals surface area contributed by atoms with Gasteiger partial charge in [0.2, 0.25) is 0 Å². The highest BCUT2D eigenvalue weighted by Gasteiger charge is 2.30. The van der Waals surface area contributed by atoms with Gasteiger partial charge in [0, 0.05) is 11.7 Å². The minimum Gasteiger partial charge on any atom is -0.497 e. The van der Waals surface area contributed by atoms with Crippen LogP contribution in [-0.2, 0) is 0 Å². The number of nitrogens with zero attached hydrogens (tertiary/aromatic N) is 5. The largest absolute Gasteiger partial charge is 0.497 e. The highest BCUT2D eigenvalue weighted by molar-refractivity contribution is 5.81. The molecule has 1 N–H and O–H groups in total. The Labute approximate surface area is 188 Å². The maximum absolute atomic E-state index is 10.4. The molecular formula is C20H23N5O8. The Morgan fingerprint density at radius 2 is 1.55 bits per heavy atom. The molecule has 0 bridgehead atoms. The van der Waals surface area contributed by atoms with Crippen LogP contribution in [0.4, 0.5) is 22.7 Å². The SMILES string of the molecule is COc1ccc(N2C=NC(C)(C)CC2C)cc1.O=[N+]([O-])c1cc([N+](=O)[O-])c(O)c([N+](=O)[O-])c1. The van der Waals surface area contributed by atoms with Crippen LogP contribution >= 0.6 is 0 Å². The predicted octanol–water partition coefficient (Wildman–Crippen LogP) is 4.22. The zero-order valence-electron chi connectivity index (χ0n) is 18.4. The first-order valence-electron chi connectivity index (χ1n) is 9.64. The zero-order chi connectivity index (χ0) is 24.9. The highest BCUT2D eigenvalue weighted by Crippen LogP contribution is 2.39. The van der Waals surface area contributed by atoms with E-state index in [0.717, 1.165) is 17.9 Å². The zero-order valence-corrected chi connectivity index (χ0v) is 18.4. The number of anilines is 1. The fraction of sp³-hybridized carbons (Fsp3) is 0.350. The number of rotatable bonds is 5. The molecule has 176 valence electrons. The number of hydrogen-bond acceptors (Lipinski definition) is 10. The molecule has 1 atom stereocenters. The van der Waals surface area contributed by atoms with Crippen molar-refractivity contribution in [3.63, 3.8) is 0 Å². The fourth-order valence-electron chi connectivity index (χ4n) is 3.26. The van der Waals surface area contributed by atoms with E-state index in [1.54, 1.807) is 7.11 Å². The average Bonchev–Trinajstić information content (AvgIpc) is 2.73. The van der Waals surface area contributed by atoms with Gasteiger partial charge >= 0.3 is 11.4 Å². The number of nitro groups is 3. The maximum Gasteiger partial charge on any atom is 0.324 e. The van der Waals surface area contributed by atoms with E-state index < -0.39 is 37.6 Å². The quantitative estimate of drug-likeness (QED) is 0.505. The van der Waals surface area contributed by atoms with Crippen LogP contribution in [0.15, 0.2) is 41.4 Å². The Morgan fingerprint density at radius 3 is 1.94 bits per heavy atom. The molecule has 2 aromatic carbocycles. The third-order valence-corrected chi connectivity index (χ3v) is 4.83. The summed E-state index contributed by atoms with van der Waals surface area (Å²) in [6, 6.07) is 9.46. The summed E-state index contributed by atoms with van der Waals surface area (Å²) in [5.41, 5.74) is -1.78. The van der Waals surface area contributed by atoms with E-state index in [-0.39, 0.29) is 5.54 Å². The minimum atomic E-state index is -1.21. The molecular weight excluding hydrogens is 438 g/mol. The molecule has 1 unspecified atom stereocenters. The first kappa shape index (κ1) is 25.0. The molecule has 0 aliphatic carbocycles. The molecule has 0 amide bonds. The van der Waals surface area contributed by atoms with Crippen LogP contribution in [0.2, 0.25) is 0 Å². The summed E-state index contributed by atoms with van der Waals surface area (Å²) in [6.07, 6.45) is 3.02. The summed E-state index contributed by atoms with van der Waals surface area (Å²) < 4.78 is 5.16. The summed E-state index contributed by atoms with van der Waals surface area (Å²) in [5, 5.41) is 40.2. The van der Waals surface area contributed by atoms with E-state index in [9.17, 15) is 30.3 Å². The molecule has 0 saturated carbocycles. The molecule has 33 heavy (non-hydrogen) atoms. The molecule has 1 aliphatic heterocycles. The lowest BCUT2D eigenvalue weighted by molar-refractivity contribution is -0.404. The van der Waals surface area contributed by atoms with Gasteiger partial charge in [-0.05, 0) is 51.5 Å². The highest BCUT2D eigenvalue weighted by atomic mass is 16.6. The summed E-state index contributed by atoms with van der Waals surface area (Å²) in [5.74, 6) is -0.323. The Balaban J connectivity index is 0.000000234. The van der Waals surface area contributed by atoms with Gasteiger partial charge in [0.05, 0.1) is 45.9 Å². The summed E-state index contributed by atoms with van der Waals surface area (Å²) in [4.78, 5) is 34.6. The first-order valence-corrected chi connectivity index (χ1v) is 9.64. The van der Waals surface area contributed by atoms with Gasteiger partial charge in [-0.15, -0.1) is 0 Å². The van der Waals surface area contributed by atoms with Crippen LogP contribution < -0.4 is 9.64 Å². The van der Waals surface area contributed by atoms with E-state index >= 15 is 0 Å². The third kappa shape index (κ3) is 6.12. The summed E-state index contributed by atoms with van der Waals surface area (Å²) in [6.45, 7) is 6.58. The van der Waals surface area contributed by atoms with Crippen molar-refractivity contribution in [1.29, 1.82) is 0 Å². The Hall–Kier alpha value is -4.29. The number of phenolic OH excluding ortho intramolecular Hbond substituents is 1. The number of benzene rings is 2. The lowest BCUT2D eigenvalue weighted by Gasteiger charge is -2.37. The van der Waals surface area contributed by atoms with Gasteiger partial charge < -0.3 is 14.7 Å². The van der Waals surface area contributed by atoms with Crippen molar-refractivity contribution in [2.75, 3.05) is 12.0 Å². The Morgan fingerprint density at radius 1 is 1.03 bits per heavy atom. The Kier molecular flexibility index (Phi) is 7.48. The van der Waals surface area contributed by atoms with Gasteiger partial charge in [-0.1, -0.05) is 0 Å². The lowest BCUT2D eigenvalue weighted by atomic mass is 9.94. The van der Waals surface area contributed by atoms with Crippen LogP contribution in [0.5, 0.6) is 11.5 Å². The summed E-state index contributed by atoms with van der Waals surface area (Å²) in [7, 11) is 1.68. The second-order valence-electron chi connectivity index (χ2n) is 7.82. The average molecular weight is 461 g/mol. The van der Waals surface area contributed by atoms with Crippen molar-refractivity contribution >= 4 is 29.1 Å². The second kappa shape index (κ2) is 9.89. The maximum atomic E-state index is 10.4. The van der Waals surface area contributed by atoms with Crippen molar-refractivity contribution in [2.45, 2.75) is 38.8 Å². The molecule has 0 aromatic heterocycles. The Bertz CT molecular complexity index is 1050. The topological polar surface area (TPSA) is 174 Å². The molecule has 13 nitrogen and oxygen atoms in total. The molecule has 1 heterocycles. The number of aliphatic imine (C=N–C) groups is 1. The third-order valence-electron chi connectivity index (χ3n) is 4.83. The smallest absolute Gasteiger partial charge is 0.324 e. The molecule has 0 spiro atoms. The number of ether oxygens (including phenoxy) is 1. The van der Waals surface area contributed by atoms with E-state index in [1.165, 1.54) is 0 Å². The van der Waals surface area contributed by atoms with Gasteiger partial charge in [0.25, 0.3) is 11.4 Å². The number of non-ortho nitro benzene ring substituents is 1. The lowest BCUT2D eigenvalue weighted by Crippen LogP contribution is -2.42. The monoisotopic (exact) mass is 461 g/mol. The molecule has 2 aromatic rings. The summed E-state index contributed by atoms with van der Waals surface area (Å²) >= 11 is 0. The van der Waals surface area contributed by atoms with E-state index in [4.69, 9.17) is 9.84 Å². The molecule has 1 aliphatic rings. The normalized spacial score (nSPS) is 16.4. The van der Waals surface area contributed by atoms with Crippen molar-refractivity contribution < 1.29 is 24.6 Å². The molecule has 0 radical (unpaired) electrons. The number of phenols is 1. The van der Waals surface area contributed by atoms with Crippen LogP contribution in [0.1, 0.15) is 27.2 Å². The van der Waals surface area contributed by atoms with E-state index in [0.29, 0.717) is 18.2 Å². The molecule has 13 heteroatoms. The molecule has 0 fully saturated rings. The molecule has 3 rings (SSSR count). The standard InChI is InChI=1S/C14H20N2O.C6H3N3O7/c1-11-9-14(2,3)15-10-16(11)12-5-7-13(17-4)8-6-12;10-6-4(8(13)14)1-3(7(11)12)2-5(6)9(15)16/h5-8,10-11H,9H2,1-4H3;1-2,10H.